The topological polar surface area (TPSA) is 58.0 Å². The Hall–Kier alpha value is -2.55. The molecule has 0 radical (unpaired) electrons. The highest BCUT2D eigenvalue weighted by molar-refractivity contribution is 5.99. The number of morpholine rings is 1. The Bertz CT molecular complexity index is 990. The van der Waals surface area contributed by atoms with Crippen LogP contribution in [0.4, 0.5) is 4.39 Å². The molecule has 1 aromatic carbocycles. The molecule has 34 heavy (non-hydrogen) atoms. The van der Waals surface area contributed by atoms with Gasteiger partial charge in [-0.05, 0) is 44.0 Å². The third-order valence-corrected chi connectivity index (χ3v) is 6.97. The van der Waals surface area contributed by atoms with Crippen molar-refractivity contribution >= 4 is 11.7 Å². The summed E-state index contributed by atoms with van der Waals surface area (Å²) >= 11 is 0. The van der Waals surface area contributed by atoms with E-state index in [1.165, 1.54) is 12.1 Å². The van der Waals surface area contributed by atoms with E-state index in [9.17, 15) is 14.0 Å². The molecule has 2 aromatic rings. The molecule has 7 nitrogen and oxygen atoms in total. The number of benzene rings is 1. The number of hydrogen-bond acceptors (Lipinski definition) is 5. The standard InChI is InChI=1S/C26H35FN4O3/c1-20-17-24(21(2)31(20)8-7-22-3-5-23(27)6-4-22)25(32)18-28-9-11-29(12-10-28)19-26(33)30-13-15-34-16-14-30/h3-6,17H,7-16,18-19H2,1-2H3. The molecule has 0 atom stereocenters. The lowest BCUT2D eigenvalue weighted by Crippen LogP contribution is -2.52. The van der Waals surface area contributed by atoms with Gasteiger partial charge in [0.2, 0.25) is 5.91 Å². The van der Waals surface area contributed by atoms with E-state index < -0.39 is 0 Å². The summed E-state index contributed by atoms with van der Waals surface area (Å²) in [6.45, 7) is 11.4. The summed E-state index contributed by atoms with van der Waals surface area (Å²) in [4.78, 5) is 31.8. The van der Waals surface area contributed by atoms with E-state index in [1.807, 2.05) is 36.9 Å². The number of ether oxygens (including phenoxy) is 1. The Kier molecular flexibility index (Phi) is 8.13. The minimum atomic E-state index is -0.227. The normalized spacial score (nSPS) is 17.8. The number of nitrogens with zero attached hydrogens (tertiary/aromatic N) is 4. The first-order chi connectivity index (χ1) is 16.4. The van der Waals surface area contributed by atoms with Crippen molar-refractivity contribution in [1.82, 2.24) is 19.3 Å². The van der Waals surface area contributed by atoms with Crippen LogP contribution in [-0.2, 0) is 22.5 Å². The quantitative estimate of drug-likeness (QED) is 0.554. The number of carbonyl (C=O) groups excluding carboxylic acids is 2. The predicted octanol–water partition coefficient (Wildman–Crippen LogP) is 2.15. The van der Waals surface area contributed by atoms with Crippen molar-refractivity contribution in [2.45, 2.75) is 26.8 Å². The first kappa shape index (κ1) is 24.6. The fourth-order valence-electron chi connectivity index (χ4n) is 4.82. The summed E-state index contributed by atoms with van der Waals surface area (Å²) in [6, 6.07) is 8.57. The molecule has 1 amide bonds. The van der Waals surface area contributed by atoms with Crippen LogP contribution >= 0.6 is 0 Å². The van der Waals surface area contributed by atoms with Gasteiger partial charge in [-0.25, -0.2) is 4.39 Å². The van der Waals surface area contributed by atoms with E-state index in [0.717, 1.165) is 61.7 Å². The number of halogens is 1. The van der Waals surface area contributed by atoms with Crippen LogP contribution in [0.3, 0.4) is 0 Å². The highest BCUT2D eigenvalue weighted by Gasteiger charge is 2.25. The number of ketones is 1. The molecular weight excluding hydrogens is 435 g/mol. The van der Waals surface area contributed by atoms with E-state index in [0.29, 0.717) is 39.4 Å². The zero-order valence-electron chi connectivity index (χ0n) is 20.3. The van der Waals surface area contributed by atoms with Crippen LogP contribution < -0.4 is 0 Å². The van der Waals surface area contributed by atoms with Gasteiger partial charge in [0.15, 0.2) is 5.78 Å². The van der Waals surface area contributed by atoms with Gasteiger partial charge in [-0.2, -0.15) is 0 Å². The monoisotopic (exact) mass is 470 g/mol. The molecule has 0 N–H and O–H groups in total. The molecule has 3 heterocycles. The zero-order valence-corrected chi connectivity index (χ0v) is 20.3. The molecule has 0 bridgehead atoms. The van der Waals surface area contributed by atoms with Crippen LogP contribution in [-0.4, -0.2) is 96.5 Å². The van der Waals surface area contributed by atoms with Crippen molar-refractivity contribution in [2.24, 2.45) is 0 Å². The summed E-state index contributed by atoms with van der Waals surface area (Å²) in [7, 11) is 0. The van der Waals surface area contributed by atoms with Gasteiger partial charge in [0.25, 0.3) is 0 Å². The van der Waals surface area contributed by atoms with Crippen LogP contribution in [0.1, 0.15) is 27.3 Å². The maximum atomic E-state index is 13.1. The Morgan fingerprint density at radius 1 is 0.912 bits per heavy atom. The first-order valence-corrected chi connectivity index (χ1v) is 12.2. The highest BCUT2D eigenvalue weighted by atomic mass is 19.1. The second-order valence-corrected chi connectivity index (χ2v) is 9.28. The number of piperazine rings is 1. The highest BCUT2D eigenvalue weighted by Crippen LogP contribution is 2.18. The molecule has 8 heteroatoms. The Morgan fingerprint density at radius 2 is 1.53 bits per heavy atom. The number of aryl methyl sites for hydroxylation is 2. The number of rotatable bonds is 8. The predicted molar refractivity (Wildman–Crippen MR) is 129 cm³/mol. The summed E-state index contributed by atoms with van der Waals surface area (Å²) in [5.41, 5.74) is 3.90. The van der Waals surface area contributed by atoms with Crippen LogP contribution in [0.5, 0.6) is 0 Å². The van der Waals surface area contributed by atoms with E-state index in [2.05, 4.69) is 14.4 Å². The summed E-state index contributed by atoms with van der Waals surface area (Å²) in [6.07, 6.45) is 0.787. The van der Waals surface area contributed by atoms with Crippen molar-refractivity contribution in [2.75, 3.05) is 65.6 Å². The molecule has 2 fully saturated rings. The fourth-order valence-corrected chi connectivity index (χ4v) is 4.82. The number of aromatic nitrogens is 1. The Labute approximate surface area is 201 Å². The second-order valence-electron chi connectivity index (χ2n) is 9.28. The van der Waals surface area contributed by atoms with Gasteiger partial charge in [0, 0.05) is 62.8 Å². The molecular formula is C26H35FN4O3. The van der Waals surface area contributed by atoms with Gasteiger partial charge >= 0.3 is 0 Å². The summed E-state index contributed by atoms with van der Waals surface area (Å²) in [5, 5.41) is 0. The molecule has 0 unspecified atom stereocenters. The number of amides is 1. The van der Waals surface area contributed by atoms with E-state index >= 15 is 0 Å². The van der Waals surface area contributed by atoms with Gasteiger partial charge in [0.05, 0.1) is 26.3 Å². The van der Waals surface area contributed by atoms with Crippen molar-refractivity contribution in [3.05, 3.63) is 58.7 Å². The van der Waals surface area contributed by atoms with Crippen molar-refractivity contribution in [3.63, 3.8) is 0 Å². The minimum Gasteiger partial charge on any atom is -0.378 e. The molecule has 2 saturated heterocycles. The fraction of sp³-hybridized carbons (Fsp3) is 0.538. The third-order valence-electron chi connectivity index (χ3n) is 6.97. The van der Waals surface area contributed by atoms with Gasteiger partial charge in [-0.3, -0.25) is 19.4 Å². The second kappa shape index (κ2) is 11.3. The maximum Gasteiger partial charge on any atom is 0.236 e. The van der Waals surface area contributed by atoms with Crippen molar-refractivity contribution < 1.29 is 18.7 Å². The Morgan fingerprint density at radius 3 is 2.18 bits per heavy atom. The third kappa shape index (κ3) is 6.11. The SMILES string of the molecule is Cc1cc(C(=O)CN2CCN(CC(=O)N3CCOCC3)CC2)c(C)n1CCc1ccc(F)cc1. The van der Waals surface area contributed by atoms with Crippen LogP contribution in [0.15, 0.2) is 30.3 Å². The molecule has 1 aromatic heterocycles. The lowest BCUT2D eigenvalue weighted by Gasteiger charge is -2.35. The average Bonchev–Trinajstić information content (AvgIpc) is 3.13. The van der Waals surface area contributed by atoms with Gasteiger partial charge in [0.1, 0.15) is 5.82 Å². The van der Waals surface area contributed by atoms with Gasteiger partial charge in [-0.15, -0.1) is 0 Å². The number of hydrogen-bond donors (Lipinski definition) is 0. The molecule has 0 aliphatic carbocycles. The smallest absolute Gasteiger partial charge is 0.236 e. The van der Waals surface area contributed by atoms with Gasteiger partial charge in [-0.1, -0.05) is 12.1 Å². The minimum absolute atomic E-state index is 0.138. The molecule has 2 aliphatic heterocycles. The Balaban J connectivity index is 1.26. The first-order valence-electron chi connectivity index (χ1n) is 12.2. The summed E-state index contributed by atoms with van der Waals surface area (Å²) in [5.74, 6) is 0.0781. The molecule has 0 saturated carbocycles. The maximum absolute atomic E-state index is 13.1. The number of carbonyl (C=O) groups is 2. The zero-order chi connectivity index (χ0) is 24.1. The van der Waals surface area contributed by atoms with Crippen molar-refractivity contribution in [3.8, 4) is 0 Å². The lowest BCUT2D eigenvalue weighted by atomic mass is 10.1. The van der Waals surface area contributed by atoms with Crippen LogP contribution in [0.2, 0.25) is 0 Å². The molecule has 2 aliphatic rings. The largest absolute Gasteiger partial charge is 0.378 e. The van der Waals surface area contributed by atoms with Crippen LogP contribution in [0.25, 0.3) is 0 Å². The van der Waals surface area contributed by atoms with E-state index in [-0.39, 0.29) is 17.5 Å². The molecule has 4 rings (SSSR count). The lowest BCUT2D eigenvalue weighted by molar-refractivity contribution is -0.136. The molecule has 184 valence electrons. The molecule has 0 spiro atoms. The van der Waals surface area contributed by atoms with Crippen molar-refractivity contribution in [1.29, 1.82) is 0 Å². The number of Topliss-reactive ketones (excluding diaryl/α,β-unsaturated/α-hetero) is 1. The van der Waals surface area contributed by atoms with Gasteiger partial charge < -0.3 is 14.2 Å². The van der Waals surface area contributed by atoms with E-state index in [1.54, 1.807) is 0 Å². The average molecular weight is 471 g/mol. The van der Waals surface area contributed by atoms with Crippen LogP contribution in [0, 0.1) is 19.7 Å². The van der Waals surface area contributed by atoms with E-state index in [4.69, 9.17) is 4.74 Å². The summed E-state index contributed by atoms with van der Waals surface area (Å²) < 4.78 is 20.6.